The van der Waals surface area contributed by atoms with Crippen LogP contribution < -0.4 is 5.73 Å². The van der Waals surface area contributed by atoms with Crippen molar-refractivity contribution in [3.05, 3.63) is 40.3 Å². The molecule has 1 aromatic heterocycles. The first-order valence-corrected chi connectivity index (χ1v) is 6.58. The van der Waals surface area contributed by atoms with E-state index in [-0.39, 0.29) is 11.9 Å². The molecule has 2 rings (SSSR count). The van der Waals surface area contributed by atoms with Gasteiger partial charge in [-0.3, -0.25) is 0 Å². The van der Waals surface area contributed by atoms with Crippen molar-refractivity contribution in [3.8, 4) is 11.3 Å². The van der Waals surface area contributed by atoms with Crippen LogP contribution in [0.5, 0.6) is 0 Å². The van der Waals surface area contributed by atoms with Gasteiger partial charge in [0.05, 0.1) is 6.04 Å². The largest absolute Gasteiger partial charge is 0.359 e. The fourth-order valence-corrected chi connectivity index (χ4v) is 2.19. The van der Waals surface area contributed by atoms with Crippen molar-refractivity contribution >= 4 is 15.9 Å². The van der Waals surface area contributed by atoms with E-state index in [4.69, 9.17) is 10.3 Å². The Bertz CT molecular complexity index is 542. The molecule has 0 amide bonds. The van der Waals surface area contributed by atoms with Crippen LogP contribution in [0.15, 0.2) is 33.3 Å². The van der Waals surface area contributed by atoms with Gasteiger partial charge in [-0.2, -0.15) is 0 Å². The second-order valence-electron chi connectivity index (χ2n) is 4.13. The summed E-state index contributed by atoms with van der Waals surface area (Å²) in [6.45, 7) is 2.06. The Morgan fingerprint density at radius 2 is 2.22 bits per heavy atom. The number of rotatable bonds is 4. The Morgan fingerprint density at radius 3 is 2.94 bits per heavy atom. The summed E-state index contributed by atoms with van der Waals surface area (Å²) in [4.78, 5) is 0. The van der Waals surface area contributed by atoms with Crippen molar-refractivity contribution in [1.82, 2.24) is 5.16 Å². The lowest BCUT2D eigenvalue weighted by Crippen LogP contribution is -2.08. The number of benzene rings is 1. The van der Waals surface area contributed by atoms with Crippen molar-refractivity contribution in [2.45, 2.75) is 25.8 Å². The molecule has 96 valence electrons. The lowest BCUT2D eigenvalue weighted by atomic mass is 10.1. The third kappa shape index (κ3) is 2.79. The maximum absolute atomic E-state index is 13.2. The molecule has 0 saturated carbocycles. The average Bonchev–Trinajstić information content (AvgIpc) is 2.82. The third-order valence-corrected chi connectivity index (χ3v) is 3.39. The SMILES string of the molecule is CCCC(N)c1cc(-c2cc(F)ccc2Br)no1. The minimum absolute atomic E-state index is 0.163. The van der Waals surface area contributed by atoms with Crippen molar-refractivity contribution in [1.29, 1.82) is 0 Å². The number of nitrogens with two attached hydrogens (primary N) is 1. The molecule has 0 radical (unpaired) electrons. The highest BCUT2D eigenvalue weighted by atomic mass is 79.9. The van der Waals surface area contributed by atoms with Crippen molar-refractivity contribution in [2.75, 3.05) is 0 Å². The molecule has 2 N–H and O–H groups in total. The molecule has 3 nitrogen and oxygen atoms in total. The quantitative estimate of drug-likeness (QED) is 0.926. The van der Waals surface area contributed by atoms with E-state index in [2.05, 4.69) is 28.0 Å². The van der Waals surface area contributed by atoms with E-state index in [0.717, 1.165) is 17.3 Å². The Morgan fingerprint density at radius 1 is 1.44 bits per heavy atom. The van der Waals surface area contributed by atoms with E-state index in [1.54, 1.807) is 12.1 Å². The standard InChI is InChI=1S/C13H14BrFN2O/c1-2-3-11(16)13-7-12(17-18-13)9-6-8(15)4-5-10(9)14/h4-7,11H,2-3,16H2,1H3. The normalized spacial score (nSPS) is 12.7. The maximum atomic E-state index is 13.2. The van der Waals surface area contributed by atoms with E-state index >= 15 is 0 Å². The van der Waals surface area contributed by atoms with Gasteiger partial charge in [-0.15, -0.1) is 0 Å². The Balaban J connectivity index is 2.32. The van der Waals surface area contributed by atoms with Gasteiger partial charge in [-0.25, -0.2) is 4.39 Å². The minimum Gasteiger partial charge on any atom is -0.359 e. The van der Waals surface area contributed by atoms with Gasteiger partial charge < -0.3 is 10.3 Å². The summed E-state index contributed by atoms with van der Waals surface area (Å²) in [6, 6.07) is 6.04. The number of aromatic nitrogens is 1. The number of nitrogens with zero attached hydrogens (tertiary/aromatic N) is 1. The van der Waals surface area contributed by atoms with Gasteiger partial charge >= 0.3 is 0 Å². The van der Waals surface area contributed by atoms with E-state index in [0.29, 0.717) is 17.0 Å². The second-order valence-corrected chi connectivity index (χ2v) is 4.99. The Hall–Kier alpha value is -1.20. The van der Waals surface area contributed by atoms with Crippen molar-refractivity contribution in [2.24, 2.45) is 5.73 Å². The minimum atomic E-state index is -0.310. The summed E-state index contributed by atoms with van der Waals surface area (Å²) in [5.41, 5.74) is 7.19. The molecule has 1 heterocycles. The molecule has 1 unspecified atom stereocenters. The molecule has 0 saturated heterocycles. The number of hydrogen-bond acceptors (Lipinski definition) is 3. The molecule has 0 aliphatic heterocycles. The van der Waals surface area contributed by atoms with Gasteiger partial charge in [-0.1, -0.05) is 34.4 Å². The van der Waals surface area contributed by atoms with Gasteiger partial charge in [0.25, 0.3) is 0 Å². The monoisotopic (exact) mass is 312 g/mol. The first-order chi connectivity index (χ1) is 8.61. The molecular formula is C13H14BrFN2O. The number of hydrogen-bond donors (Lipinski definition) is 1. The van der Waals surface area contributed by atoms with Gasteiger partial charge in [-0.05, 0) is 24.6 Å². The molecule has 1 atom stereocenters. The van der Waals surface area contributed by atoms with Crippen molar-refractivity contribution < 1.29 is 8.91 Å². The molecule has 5 heteroatoms. The first kappa shape index (κ1) is 13.2. The highest BCUT2D eigenvalue weighted by Gasteiger charge is 2.14. The predicted octanol–water partition coefficient (Wildman–Crippen LogP) is 4.04. The van der Waals surface area contributed by atoms with Crippen LogP contribution in [0.1, 0.15) is 31.6 Å². The van der Waals surface area contributed by atoms with Crippen LogP contribution in [0.25, 0.3) is 11.3 Å². The molecule has 0 bridgehead atoms. The van der Waals surface area contributed by atoms with Crippen LogP contribution in [0.4, 0.5) is 4.39 Å². The van der Waals surface area contributed by atoms with E-state index in [1.165, 1.54) is 12.1 Å². The summed E-state index contributed by atoms with van der Waals surface area (Å²) in [5.74, 6) is 0.318. The summed E-state index contributed by atoms with van der Waals surface area (Å²) in [5, 5.41) is 3.94. The van der Waals surface area contributed by atoms with Crippen LogP contribution in [-0.2, 0) is 0 Å². The summed E-state index contributed by atoms with van der Waals surface area (Å²) >= 11 is 3.36. The lowest BCUT2D eigenvalue weighted by molar-refractivity contribution is 0.356. The zero-order valence-corrected chi connectivity index (χ0v) is 11.6. The summed E-state index contributed by atoms with van der Waals surface area (Å²) < 4.78 is 19.2. The van der Waals surface area contributed by atoms with Crippen LogP contribution in [0.2, 0.25) is 0 Å². The highest BCUT2D eigenvalue weighted by molar-refractivity contribution is 9.10. The molecule has 2 aromatic rings. The molecule has 0 aliphatic rings. The van der Waals surface area contributed by atoms with E-state index in [1.807, 2.05) is 0 Å². The van der Waals surface area contributed by atoms with Gasteiger partial charge in [0.15, 0.2) is 5.76 Å². The van der Waals surface area contributed by atoms with Gasteiger partial charge in [0.1, 0.15) is 11.5 Å². The third-order valence-electron chi connectivity index (χ3n) is 2.70. The van der Waals surface area contributed by atoms with Crippen LogP contribution in [-0.4, -0.2) is 5.16 Å². The van der Waals surface area contributed by atoms with E-state index < -0.39 is 0 Å². The first-order valence-electron chi connectivity index (χ1n) is 5.79. The lowest BCUT2D eigenvalue weighted by Gasteiger charge is -2.03. The second kappa shape index (κ2) is 5.63. The fraction of sp³-hybridized carbons (Fsp3) is 0.308. The van der Waals surface area contributed by atoms with Crippen LogP contribution in [0.3, 0.4) is 0 Å². The van der Waals surface area contributed by atoms with Gasteiger partial charge in [0.2, 0.25) is 0 Å². The Labute approximate surface area is 113 Å². The zero-order valence-electron chi connectivity index (χ0n) is 9.99. The molecule has 0 aliphatic carbocycles. The maximum Gasteiger partial charge on any atom is 0.154 e. The molecule has 0 spiro atoms. The fourth-order valence-electron chi connectivity index (χ4n) is 1.74. The number of halogens is 2. The predicted molar refractivity (Wildman–Crippen MR) is 71.4 cm³/mol. The summed E-state index contributed by atoms with van der Waals surface area (Å²) in [6.07, 6.45) is 1.81. The molecule has 0 fully saturated rings. The molecule has 1 aromatic carbocycles. The average molecular weight is 313 g/mol. The zero-order chi connectivity index (χ0) is 13.1. The van der Waals surface area contributed by atoms with Crippen LogP contribution >= 0.6 is 15.9 Å². The van der Waals surface area contributed by atoms with Gasteiger partial charge in [0, 0.05) is 16.1 Å². The Kier molecular flexibility index (Phi) is 4.14. The summed E-state index contributed by atoms with van der Waals surface area (Å²) in [7, 11) is 0. The van der Waals surface area contributed by atoms with Crippen molar-refractivity contribution in [3.63, 3.8) is 0 Å². The van der Waals surface area contributed by atoms with Crippen LogP contribution in [0, 0.1) is 5.82 Å². The molecular weight excluding hydrogens is 299 g/mol. The topological polar surface area (TPSA) is 52.0 Å². The molecule has 18 heavy (non-hydrogen) atoms. The smallest absolute Gasteiger partial charge is 0.154 e. The highest BCUT2D eigenvalue weighted by Crippen LogP contribution is 2.30. The van der Waals surface area contributed by atoms with E-state index in [9.17, 15) is 4.39 Å².